The predicted molar refractivity (Wildman–Crippen MR) is 64.9 cm³/mol. The molecule has 15 heavy (non-hydrogen) atoms. The highest BCUT2D eigenvalue weighted by Gasteiger charge is 2.13. The zero-order chi connectivity index (χ0) is 11.7. The lowest BCUT2D eigenvalue weighted by Gasteiger charge is -2.14. The lowest BCUT2D eigenvalue weighted by Crippen LogP contribution is -2.42. The number of amides is 1. The van der Waals surface area contributed by atoms with Gasteiger partial charge in [0.1, 0.15) is 0 Å². The van der Waals surface area contributed by atoms with Crippen LogP contribution in [0.1, 0.15) is 19.8 Å². The van der Waals surface area contributed by atoms with Crippen molar-refractivity contribution in [3.05, 3.63) is 0 Å². The molecule has 0 aromatic rings. The number of aliphatic hydroxyl groups is 1. The average Bonchev–Trinajstić information content (AvgIpc) is 2.22. The van der Waals surface area contributed by atoms with E-state index in [0.717, 1.165) is 5.75 Å². The van der Waals surface area contributed by atoms with Crippen LogP contribution in [-0.2, 0) is 4.79 Å². The van der Waals surface area contributed by atoms with Crippen LogP contribution in [0.2, 0.25) is 0 Å². The summed E-state index contributed by atoms with van der Waals surface area (Å²) in [6.07, 6.45) is 3.41. The molecule has 2 atom stereocenters. The van der Waals surface area contributed by atoms with Gasteiger partial charge >= 0.3 is 0 Å². The Morgan fingerprint density at radius 1 is 1.53 bits per heavy atom. The van der Waals surface area contributed by atoms with E-state index in [-0.39, 0.29) is 12.5 Å². The second kappa shape index (κ2) is 9.00. The Hall–Kier alpha value is -0.260. The van der Waals surface area contributed by atoms with Crippen LogP contribution in [0.15, 0.2) is 0 Å². The fraction of sp³-hybridized carbons (Fsp3) is 0.900. The van der Waals surface area contributed by atoms with E-state index < -0.39 is 6.04 Å². The van der Waals surface area contributed by atoms with E-state index in [2.05, 4.69) is 5.32 Å². The third kappa shape index (κ3) is 7.64. The topological polar surface area (TPSA) is 75.4 Å². The smallest absolute Gasteiger partial charge is 0.236 e. The van der Waals surface area contributed by atoms with E-state index >= 15 is 0 Å². The number of carbonyl (C=O) groups excluding carboxylic acids is 1. The fourth-order valence-electron chi connectivity index (χ4n) is 1.10. The van der Waals surface area contributed by atoms with Crippen LogP contribution in [0.4, 0.5) is 0 Å². The minimum atomic E-state index is -0.404. The number of thioether (sulfide) groups is 1. The minimum absolute atomic E-state index is 0.0890. The Kier molecular flexibility index (Phi) is 8.85. The highest BCUT2D eigenvalue weighted by atomic mass is 32.2. The monoisotopic (exact) mass is 234 g/mol. The number of rotatable bonds is 8. The first-order valence-electron chi connectivity index (χ1n) is 5.24. The summed E-state index contributed by atoms with van der Waals surface area (Å²) in [5.74, 6) is 1.11. The Bertz CT molecular complexity index is 179. The van der Waals surface area contributed by atoms with Gasteiger partial charge in [0.2, 0.25) is 5.91 Å². The standard InChI is InChI=1S/C10H22N2O2S/c1-8(3-5-13)7-12-10(14)9(11)4-6-15-2/h8-9,13H,3-7,11H2,1-2H3,(H,12,14)/t8?,9-/m1/s1. The van der Waals surface area contributed by atoms with Gasteiger partial charge in [0.15, 0.2) is 0 Å². The molecule has 0 saturated carbocycles. The fourth-order valence-corrected chi connectivity index (χ4v) is 1.59. The van der Waals surface area contributed by atoms with E-state index in [0.29, 0.717) is 25.3 Å². The molecule has 5 heteroatoms. The van der Waals surface area contributed by atoms with Gasteiger partial charge in [-0.25, -0.2) is 0 Å². The minimum Gasteiger partial charge on any atom is -0.396 e. The van der Waals surface area contributed by atoms with E-state index in [4.69, 9.17) is 10.8 Å². The largest absolute Gasteiger partial charge is 0.396 e. The molecule has 0 heterocycles. The van der Waals surface area contributed by atoms with E-state index in [1.54, 1.807) is 11.8 Å². The zero-order valence-electron chi connectivity index (χ0n) is 9.53. The number of hydrogen-bond donors (Lipinski definition) is 3. The van der Waals surface area contributed by atoms with E-state index in [1.807, 2.05) is 13.2 Å². The molecular weight excluding hydrogens is 212 g/mol. The average molecular weight is 234 g/mol. The van der Waals surface area contributed by atoms with Crippen molar-refractivity contribution < 1.29 is 9.90 Å². The summed E-state index contributed by atoms with van der Waals surface area (Å²) in [7, 11) is 0. The van der Waals surface area contributed by atoms with Crippen molar-refractivity contribution in [3.63, 3.8) is 0 Å². The third-order valence-electron chi connectivity index (χ3n) is 2.22. The molecule has 0 aliphatic rings. The molecule has 0 aromatic carbocycles. The summed E-state index contributed by atoms with van der Waals surface area (Å²) in [6, 6.07) is -0.404. The summed E-state index contributed by atoms with van der Waals surface area (Å²) in [4.78, 5) is 11.4. The summed E-state index contributed by atoms with van der Waals surface area (Å²) >= 11 is 1.69. The molecule has 0 rings (SSSR count). The highest BCUT2D eigenvalue weighted by molar-refractivity contribution is 7.98. The maximum atomic E-state index is 11.4. The Morgan fingerprint density at radius 2 is 2.20 bits per heavy atom. The first kappa shape index (κ1) is 14.7. The quantitative estimate of drug-likeness (QED) is 0.561. The van der Waals surface area contributed by atoms with Crippen molar-refractivity contribution in [2.24, 2.45) is 11.7 Å². The van der Waals surface area contributed by atoms with Crippen LogP contribution in [0, 0.1) is 5.92 Å². The Morgan fingerprint density at radius 3 is 2.73 bits per heavy atom. The summed E-state index contributed by atoms with van der Waals surface area (Å²) < 4.78 is 0. The molecule has 90 valence electrons. The second-order valence-corrected chi connectivity index (χ2v) is 4.74. The molecule has 1 amide bonds. The van der Waals surface area contributed by atoms with Crippen molar-refractivity contribution in [2.45, 2.75) is 25.8 Å². The molecule has 0 aromatic heterocycles. The lowest BCUT2D eigenvalue weighted by molar-refractivity contribution is -0.122. The molecule has 4 N–H and O–H groups in total. The van der Waals surface area contributed by atoms with Crippen LogP contribution in [-0.4, -0.2) is 42.2 Å². The van der Waals surface area contributed by atoms with Crippen LogP contribution >= 0.6 is 11.8 Å². The van der Waals surface area contributed by atoms with Crippen LogP contribution in [0.3, 0.4) is 0 Å². The second-order valence-electron chi connectivity index (χ2n) is 3.75. The Balaban J connectivity index is 3.63. The number of hydrogen-bond acceptors (Lipinski definition) is 4. The van der Waals surface area contributed by atoms with Gasteiger partial charge in [-0.05, 0) is 30.8 Å². The first-order chi connectivity index (χ1) is 7.11. The van der Waals surface area contributed by atoms with Crippen molar-refractivity contribution >= 4 is 17.7 Å². The van der Waals surface area contributed by atoms with Gasteiger partial charge in [0.25, 0.3) is 0 Å². The van der Waals surface area contributed by atoms with Crippen LogP contribution < -0.4 is 11.1 Å². The molecule has 1 unspecified atom stereocenters. The summed E-state index contributed by atoms with van der Waals surface area (Å²) in [5, 5.41) is 11.5. The maximum Gasteiger partial charge on any atom is 0.236 e. The first-order valence-corrected chi connectivity index (χ1v) is 6.64. The van der Waals surface area contributed by atoms with Gasteiger partial charge < -0.3 is 16.2 Å². The van der Waals surface area contributed by atoms with Crippen molar-refractivity contribution in [3.8, 4) is 0 Å². The SMILES string of the molecule is CSCC[C@@H](N)C(=O)NCC(C)CCO. The van der Waals surface area contributed by atoms with Gasteiger partial charge in [0.05, 0.1) is 6.04 Å². The summed E-state index contributed by atoms with van der Waals surface area (Å²) in [5.41, 5.74) is 5.69. The third-order valence-corrected chi connectivity index (χ3v) is 2.86. The highest BCUT2D eigenvalue weighted by Crippen LogP contribution is 2.00. The lowest BCUT2D eigenvalue weighted by atomic mass is 10.1. The Labute approximate surface area is 96.0 Å². The normalized spacial score (nSPS) is 14.7. The van der Waals surface area contributed by atoms with E-state index in [9.17, 15) is 4.79 Å². The van der Waals surface area contributed by atoms with Crippen molar-refractivity contribution in [1.29, 1.82) is 0 Å². The van der Waals surface area contributed by atoms with Crippen LogP contribution in [0.25, 0.3) is 0 Å². The van der Waals surface area contributed by atoms with Crippen LogP contribution in [0.5, 0.6) is 0 Å². The number of aliphatic hydroxyl groups excluding tert-OH is 1. The molecule has 0 fully saturated rings. The van der Waals surface area contributed by atoms with Gasteiger partial charge in [-0.1, -0.05) is 6.92 Å². The number of nitrogens with one attached hydrogen (secondary N) is 1. The number of nitrogens with two attached hydrogens (primary N) is 1. The predicted octanol–water partition coefficient (Wildman–Crippen LogP) is 0.202. The maximum absolute atomic E-state index is 11.4. The molecule has 0 aliphatic carbocycles. The molecule has 4 nitrogen and oxygen atoms in total. The van der Waals surface area contributed by atoms with E-state index in [1.165, 1.54) is 0 Å². The molecule has 0 aliphatic heterocycles. The van der Waals surface area contributed by atoms with Crippen molar-refractivity contribution in [2.75, 3.05) is 25.2 Å². The molecule has 0 bridgehead atoms. The molecule has 0 saturated heterocycles. The van der Waals surface area contributed by atoms with Gasteiger partial charge in [-0.15, -0.1) is 0 Å². The molecular formula is C10H22N2O2S. The van der Waals surface area contributed by atoms with Gasteiger partial charge in [0, 0.05) is 13.2 Å². The zero-order valence-corrected chi connectivity index (χ0v) is 10.3. The summed E-state index contributed by atoms with van der Waals surface area (Å²) in [6.45, 7) is 2.74. The van der Waals surface area contributed by atoms with Crippen molar-refractivity contribution in [1.82, 2.24) is 5.32 Å². The number of carbonyl (C=O) groups is 1. The molecule has 0 spiro atoms. The van der Waals surface area contributed by atoms with Gasteiger partial charge in [-0.3, -0.25) is 4.79 Å². The molecule has 0 radical (unpaired) electrons. The van der Waals surface area contributed by atoms with Gasteiger partial charge in [-0.2, -0.15) is 11.8 Å².